The maximum Gasteiger partial charge on any atom is 0.308 e. The van der Waals surface area contributed by atoms with Gasteiger partial charge in [0.15, 0.2) is 12.4 Å². The molecule has 0 saturated carbocycles. The standard InChI is InChI=1S/C34H58N2O6/c1-6-7-8-9-10-11-12-13-14-15-16-17-18-19-20-23-29(37)35-25-21-22-27-40-30(38)24-26-36-32(39)31-33(2,3)28-41-34(4,5)42-31/h13-14,31H,6-12,15-20,23-28H2,1-5H3,(H,35,37)(H,36,39)/b14-13-. The summed E-state index contributed by atoms with van der Waals surface area (Å²) in [7, 11) is 0. The molecule has 1 aliphatic rings. The molecule has 8 heteroatoms. The van der Waals surface area contributed by atoms with E-state index < -0.39 is 23.3 Å². The maximum absolute atomic E-state index is 12.6. The van der Waals surface area contributed by atoms with Crippen molar-refractivity contribution in [1.29, 1.82) is 0 Å². The molecule has 240 valence electrons. The van der Waals surface area contributed by atoms with E-state index in [2.05, 4.69) is 41.6 Å². The van der Waals surface area contributed by atoms with Crippen LogP contribution in [0.15, 0.2) is 12.2 Å². The zero-order valence-corrected chi connectivity index (χ0v) is 27.1. The third-order valence-corrected chi connectivity index (χ3v) is 7.24. The summed E-state index contributed by atoms with van der Waals surface area (Å²) >= 11 is 0. The topological polar surface area (TPSA) is 103 Å². The fraction of sp³-hybridized carbons (Fsp3) is 0.794. The van der Waals surface area contributed by atoms with Gasteiger partial charge in [0.05, 0.1) is 19.6 Å². The molecule has 2 N–H and O–H groups in total. The third kappa shape index (κ3) is 18.9. The summed E-state index contributed by atoms with van der Waals surface area (Å²) in [5, 5.41) is 5.52. The van der Waals surface area contributed by atoms with Gasteiger partial charge in [-0.1, -0.05) is 96.1 Å². The highest BCUT2D eigenvalue weighted by molar-refractivity contribution is 5.82. The zero-order chi connectivity index (χ0) is 31.1. The molecule has 0 aromatic carbocycles. The number of hydrogen-bond donors (Lipinski definition) is 2. The Labute approximate surface area is 255 Å². The summed E-state index contributed by atoms with van der Waals surface area (Å²) in [4.78, 5) is 36.5. The SMILES string of the molecule is CCCCCCCC/C=C\CCCCCCCC(=O)NCC#CCOC(=O)CCNC(=O)C1OC(C)(C)OCC1(C)C. The lowest BCUT2D eigenvalue weighted by Gasteiger charge is -2.44. The largest absolute Gasteiger partial charge is 0.452 e. The van der Waals surface area contributed by atoms with E-state index in [9.17, 15) is 14.4 Å². The van der Waals surface area contributed by atoms with E-state index in [0.29, 0.717) is 13.0 Å². The molecule has 1 saturated heterocycles. The van der Waals surface area contributed by atoms with E-state index in [4.69, 9.17) is 14.2 Å². The average Bonchev–Trinajstić information content (AvgIpc) is 2.94. The van der Waals surface area contributed by atoms with Crippen LogP contribution >= 0.6 is 0 Å². The molecule has 1 rings (SSSR count). The van der Waals surface area contributed by atoms with E-state index >= 15 is 0 Å². The molecule has 1 unspecified atom stereocenters. The number of hydrogen-bond acceptors (Lipinski definition) is 6. The summed E-state index contributed by atoms with van der Waals surface area (Å²) in [6, 6.07) is 0. The van der Waals surface area contributed by atoms with Crippen molar-refractivity contribution in [2.45, 2.75) is 143 Å². The predicted octanol–water partition coefficient (Wildman–Crippen LogP) is 6.37. The first kappa shape index (κ1) is 37.7. The van der Waals surface area contributed by atoms with Gasteiger partial charge in [0.1, 0.15) is 6.10 Å². The van der Waals surface area contributed by atoms with Crippen molar-refractivity contribution in [2.75, 3.05) is 26.3 Å². The monoisotopic (exact) mass is 590 g/mol. The minimum atomic E-state index is -0.835. The molecular weight excluding hydrogens is 532 g/mol. The Morgan fingerprint density at radius 2 is 1.45 bits per heavy atom. The van der Waals surface area contributed by atoms with Crippen LogP contribution in [0, 0.1) is 17.3 Å². The molecular formula is C34H58N2O6. The van der Waals surface area contributed by atoms with Crippen LogP contribution in [-0.2, 0) is 28.6 Å². The van der Waals surface area contributed by atoms with Gasteiger partial charge < -0.3 is 24.8 Å². The van der Waals surface area contributed by atoms with Crippen molar-refractivity contribution >= 4 is 17.8 Å². The summed E-state index contributed by atoms with van der Waals surface area (Å²) in [5.74, 6) is 3.96. The Morgan fingerprint density at radius 3 is 2.12 bits per heavy atom. The first-order chi connectivity index (χ1) is 20.1. The molecule has 8 nitrogen and oxygen atoms in total. The van der Waals surface area contributed by atoms with Crippen LogP contribution in [0.1, 0.15) is 131 Å². The molecule has 0 aromatic rings. The number of carbonyl (C=O) groups excluding carboxylic acids is 3. The fourth-order valence-corrected chi connectivity index (χ4v) is 4.59. The number of nitrogens with one attached hydrogen (secondary N) is 2. The average molecular weight is 591 g/mol. The van der Waals surface area contributed by atoms with Crippen molar-refractivity contribution in [2.24, 2.45) is 5.41 Å². The summed E-state index contributed by atoms with van der Waals surface area (Å²) in [6.07, 6.45) is 20.6. The predicted molar refractivity (Wildman–Crippen MR) is 168 cm³/mol. The fourth-order valence-electron chi connectivity index (χ4n) is 4.59. The molecule has 0 radical (unpaired) electrons. The second-order valence-electron chi connectivity index (χ2n) is 12.3. The number of carbonyl (C=O) groups is 3. The lowest BCUT2D eigenvalue weighted by atomic mass is 9.85. The Balaban J connectivity index is 1.98. The van der Waals surface area contributed by atoms with Crippen LogP contribution in [-0.4, -0.2) is 56.0 Å². The highest BCUT2D eigenvalue weighted by atomic mass is 16.7. The number of amides is 2. The van der Waals surface area contributed by atoms with E-state index in [1.165, 1.54) is 57.8 Å². The van der Waals surface area contributed by atoms with Gasteiger partial charge in [0.25, 0.3) is 0 Å². The minimum Gasteiger partial charge on any atom is -0.452 e. The smallest absolute Gasteiger partial charge is 0.308 e. The van der Waals surface area contributed by atoms with E-state index in [-0.39, 0.29) is 37.9 Å². The summed E-state index contributed by atoms with van der Waals surface area (Å²) in [6.45, 7) is 10.3. The molecule has 1 atom stereocenters. The van der Waals surface area contributed by atoms with E-state index in [1.807, 2.05) is 13.8 Å². The molecule has 42 heavy (non-hydrogen) atoms. The van der Waals surface area contributed by atoms with Gasteiger partial charge in [-0.25, -0.2) is 0 Å². The lowest BCUT2D eigenvalue weighted by molar-refractivity contribution is -0.304. The molecule has 0 bridgehead atoms. The first-order valence-corrected chi connectivity index (χ1v) is 16.2. The van der Waals surface area contributed by atoms with Gasteiger partial charge in [-0.3, -0.25) is 14.4 Å². The quantitative estimate of drug-likeness (QED) is 0.0697. The number of rotatable bonds is 21. The number of unbranched alkanes of at least 4 members (excludes halogenated alkanes) is 11. The van der Waals surface area contributed by atoms with Crippen LogP contribution in [0.3, 0.4) is 0 Å². The maximum atomic E-state index is 12.6. The molecule has 0 aliphatic carbocycles. The van der Waals surface area contributed by atoms with Crippen LogP contribution in [0.25, 0.3) is 0 Å². The highest BCUT2D eigenvalue weighted by Gasteiger charge is 2.45. The second kappa shape index (κ2) is 22.2. The van der Waals surface area contributed by atoms with Gasteiger partial charge in [0, 0.05) is 18.4 Å². The van der Waals surface area contributed by atoms with Crippen molar-refractivity contribution in [3.05, 3.63) is 12.2 Å². The Kier molecular flexibility index (Phi) is 19.9. The van der Waals surface area contributed by atoms with Gasteiger partial charge in [-0.2, -0.15) is 0 Å². The van der Waals surface area contributed by atoms with Crippen molar-refractivity contribution < 1.29 is 28.6 Å². The van der Waals surface area contributed by atoms with Gasteiger partial charge in [-0.15, -0.1) is 0 Å². The molecule has 1 fully saturated rings. The van der Waals surface area contributed by atoms with E-state index in [0.717, 1.165) is 25.7 Å². The van der Waals surface area contributed by atoms with Crippen molar-refractivity contribution in [3.8, 4) is 11.8 Å². The van der Waals surface area contributed by atoms with Gasteiger partial charge in [0.2, 0.25) is 11.8 Å². The number of ether oxygens (including phenoxy) is 3. The molecule has 0 aromatic heterocycles. The molecule has 2 amide bonds. The Hall–Kier alpha value is -2.37. The Morgan fingerprint density at radius 1 is 0.833 bits per heavy atom. The third-order valence-electron chi connectivity index (χ3n) is 7.24. The minimum absolute atomic E-state index is 0.00487. The first-order valence-electron chi connectivity index (χ1n) is 16.2. The van der Waals surface area contributed by atoms with Crippen LogP contribution < -0.4 is 10.6 Å². The van der Waals surface area contributed by atoms with Gasteiger partial charge >= 0.3 is 5.97 Å². The zero-order valence-electron chi connectivity index (χ0n) is 27.1. The van der Waals surface area contributed by atoms with Crippen LogP contribution in [0.5, 0.6) is 0 Å². The van der Waals surface area contributed by atoms with E-state index in [1.54, 1.807) is 13.8 Å². The molecule has 1 heterocycles. The summed E-state index contributed by atoms with van der Waals surface area (Å²) < 4.78 is 16.5. The lowest BCUT2D eigenvalue weighted by Crippen LogP contribution is -2.56. The van der Waals surface area contributed by atoms with Crippen molar-refractivity contribution in [1.82, 2.24) is 10.6 Å². The normalized spacial score (nSPS) is 17.3. The van der Waals surface area contributed by atoms with Gasteiger partial charge in [-0.05, 0) is 46.0 Å². The number of esters is 1. The summed E-state index contributed by atoms with van der Waals surface area (Å²) in [5.41, 5.74) is -0.477. The van der Waals surface area contributed by atoms with Crippen LogP contribution in [0.4, 0.5) is 0 Å². The second-order valence-corrected chi connectivity index (χ2v) is 12.3. The Bertz CT molecular complexity index is 871. The highest BCUT2D eigenvalue weighted by Crippen LogP contribution is 2.34. The molecule has 0 spiro atoms. The number of allylic oxidation sites excluding steroid dienone is 2. The molecule has 1 aliphatic heterocycles. The van der Waals surface area contributed by atoms with Crippen molar-refractivity contribution in [3.63, 3.8) is 0 Å². The van der Waals surface area contributed by atoms with Crippen LogP contribution in [0.2, 0.25) is 0 Å².